The zero-order chi connectivity index (χ0) is 10.8. The van der Waals surface area contributed by atoms with E-state index in [9.17, 15) is 18.0 Å². The van der Waals surface area contributed by atoms with Crippen molar-refractivity contribution in [2.45, 2.75) is 24.6 Å². The highest BCUT2D eigenvalue weighted by Crippen LogP contribution is 2.36. The van der Waals surface area contributed by atoms with Crippen molar-refractivity contribution >= 4 is 6.09 Å². The van der Waals surface area contributed by atoms with E-state index in [1.54, 1.807) is 5.32 Å². The monoisotopic (exact) mass is 212 g/mol. The molecule has 4 nitrogen and oxygen atoms in total. The van der Waals surface area contributed by atoms with Crippen LogP contribution in [0.25, 0.3) is 0 Å². The van der Waals surface area contributed by atoms with Gasteiger partial charge in [-0.25, -0.2) is 4.79 Å². The molecule has 0 aromatic carbocycles. The van der Waals surface area contributed by atoms with Gasteiger partial charge in [0.1, 0.15) is 5.54 Å². The average Bonchev–Trinajstić information content (AvgIpc) is 2.48. The molecule has 0 aromatic rings. The van der Waals surface area contributed by atoms with E-state index < -0.39 is 24.4 Å². The minimum Gasteiger partial charge on any atom is -0.465 e. The maximum atomic E-state index is 12.6. The van der Waals surface area contributed by atoms with Crippen molar-refractivity contribution in [1.29, 1.82) is 0 Å². The summed E-state index contributed by atoms with van der Waals surface area (Å²) in [5, 5.41) is 12.3. The number of hydrogen-bond acceptors (Lipinski definition) is 2. The first-order valence-corrected chi connectivity index (χ1v) is 4.16. The van der Waals surface area contributed by atoms with Crippen molar-refractivity contribution in [1.82, 2.24) is 10.6 Å². The number of nitrogens with one attached hydrogen (secondary N) is 2. The fraction of sp³-hybridized carbons (Fsp3) is 0.857. The molecule has 1 amide bonds. The van der Waals surface area contributed by atoms with Gasteiger partial charge in [-0.15, -0.1) is 0 Å². The normalized spacial score (nSPS) is 27.6. The number of carboxylic acid groups (broad SMARTS) is 1. The molecule has 1 aliphatic rings. The summed E-state index contributed by atoms with van der Waals surface area (Å²) in [4.78, 5) is 10.1. The number of hydrogen-bond donors (Lipinski definition) is 3. The zero-order valence-corrected chi connectivity index (χ0v) is 7.32. The molecule has 1 unspecified atom stereocenters. The molecule has 7 heteroatoms. The summed E-state index contributed by atoms with van der Waals surface area (Å²) in [6, 6.07) is 0. The Balaban J connectivity index is 2.67. The Labute approximate surface area is 78.5 Å². The van der Waals surface area contributed by atoms with Crippen LogP contribution in [0.1, 0.15) is 12.8 Å². The van der Waals surface area contributed by atoms with E-state index in [-0.39, 0.29) is 13.0 Å². The highest BCUT2D eigenvalue weighted by atomic mass is 19.4. The molecule has 0 aromatic heterocycles. The Morgan fingerprint density at radius 1 is 1.57 bits per heavy atom. The first-order chi connectivity index (χ1) is 6.37. The van der Waals surface area contributed by atoms with E-state index in [2.05, 4.69) is 5.32 Å². The van der Waals surface area contributed by atoms with Crippen LogP contribution in [0.15, 0.2) is 0 Å². The summed E-state index contributed by atoms with van der Waals surface area (Å²) >= 11 is 0. The van der Waals surface area contributed by atoms with Crippen molar-refractivity contribution in [3.63, 3.8) is 0 Å². The van der Waals surface area contributed by atoms with E-state index in [0.717, 1.165) is 0 Å². The molecular formula is C7H11F3N2O2. The molecule has 0 bridgehead atoms. The second-order valence-electron chi connectivity index (χ2n) is 3.27. The van der Waals surface area contributed by atoms with E-state index in [1.165, 1.54) is 0 Å². The summed E-state index contributed by atoms with van der Waals surface area (Å²) in [6.07, 6.45) is -5.55. The smallest absolute Gasteiger partial charge is 0.408 e. The van der Waals surface area contributed by atoms with E-state index in [4.69, 9.17) is 5.11 Å². The quantitative estimate of drug-likeness (QED) is 0.638. The third-order valence-corrected chi connectivity index (χ3v) is 2.33. The summed E-state index contributed by atoms with van der Waals surface area (Å²) < 4.78 is 37.7. The third-order valence-electron chi connectivity index (χ3n) is 2.33. The van der Waals surface area contributed by atoms with Crippen molar-refractivity contribution in [2.75, 3.05) is 13.1 Å². The molecule has 82 valence electrons. The number of carbonyl (C=O) groups is 1. The molecular weight excluding hydrogens is 201 g/mol. The lowest BCUT2D eigenvalue weighted by Gasteiger charge is -2.31. The Morgan fingerprint density at radius 2 is 2.21 bits per heavy atom. The molecule has 0 spiro atoms. The van der Waals surface area contributed by atoms with Crippen LogP contribution in [-0.2, 0) is 0 Å². The van der Waals surface area contributed by atoms with Crippen molar-refractivity contribution in [3.05, 3.63) is 0 Å². The number of alkyl halides is 3. The minimum absolute atomic E-state index is 0.0865. The lowest BCUT2D eigenvalue weighted by atomic mass is 9.97. The average molecular weight is 212 g/mol. The highest BCUT2D eigenvalue weighted by molar-refractivity contribution is 5.64. The number of halogens is 3. The van der Waals surface area contributed by atoms with Crippen LogP contribution in [-0.4, -0.2) is 36.0 Å². The maximum absolute atomic E-state index is 12.6. The molecule has 1 atom stereocenters. The lowest BCUT2D eigenvalue weighted by Crippen LogP contribution is -2.59. The van der Waals surface area contributed by atoms with Crippen molar-refractivity contribution < 1.29 is 23.1 Å². The minimum atomic E-state index is -4.42. The third kappa shape index (κ3) is 2.09. The Hall–Kier alpha value is -0.980. The molecule has 0 saturated carbocycles. The fourth-order valence-corrected chi connectivity index (χ4v) is 1.53. The van der Waals surface area contributed by atoms with Crippen LogP contribution in [0.5, 0.6) is 0 Å². The van der Waals surface area contributed by atoms with Crippen LogP contribution < -0.4 is 10.6 Å². The van der Waals surface area contributed by atoms with Crippen LogP contribution in [0.2, 0.25) is 0 Å². The van der Waals surface area contributed by atoms with Gasteiger partial charge in [-0.3, -0.25) is 0 Å². The largest absolute Gasteiger partial charge is 0.465 e. The molecule has 1 rings (SSSR count). The van der Waals surface area contributed by atoms with Crippen LogP contribution in [0.4, 0.5) is 18.0 Å². The molecule has 0 radical (unpaired) electrons. The van der Waals surface area contributed by atoms with Crippen molar-refractivity contribution in [2.24, 2.45) is 0 Å². The van der Waals surface area contributed by atoms with Gasteiger partial charge in [-0.1, -0.05) is 0 Å². The molecule has 3 N–H and O–H groups in total. The first kappa shape index (κ1) is 11.1. The Kier molecular flexibility index (Phi) is 2.89. The summed E-state index contributed by atoms with van der Waals surface area (Å²) in [7, 11) is 0. The van der Waals surface area contributed by atoms with E-state index in [0.29, 0.717) is 6.42 Å². The van der Waals surface area contributed by atoms with Gasteiger partial charge in [-0.2, -0.15) is 13.2 Å². The van der Waals surface area contributed by atoms with Gasteiger partial charge in [0.2, 0.25) is 0 Å². The topological polar surface area (TPSA) is 61.4 Å². The van der Waals surface area contributed by atoms with Gasteiger partial charge in [0, 0.05) is 6.54 Å². The predicted molar refractivity (Wildman–Crippen MR) is 42.1 cm³/mol. The number of amides is 1. The SMILES string of the molecule is O=C(O)NCC1(C(F)(F)F)CCCN1. The lowest BCUT2D eigenvalue weighted by molar-refractivity contribution is -0.190. The standard InChI is InChI=1S/C7H11F3N2O2/c8-7(9,10)6(2-1-3-12-6)4-11-5(13)14/h11-12H,1-4H2,(H,13,14). The van der Waals surface area contributed by atoms with Gasteiger partial charge in [0.15, 0.2) is 0 Å². The second-order valence-corrected chi connectivity index (χ2v) is 3.27. The molecule has 1 aliphatic heterocycles. The van der Waals surface area contributed by atoms with Gasteiger partial charge < -0.3 is 15.7 Å². The molecule has 1 heterocycles. The van der Waals surface area contributed by atoms with Gasteiger partial charge in [-0.05, 0) is 19.4 Å². The summed E-state index contributed by atoms with van der Waals surface area (Å²) in [5.41, 5.74) is -2.08. The molecule has 1 saturated heterocycles. The zero-order valence-electron chi connectivity index (χ0n) is 7.32. The van der Waals surface area contributed by atoms with E-state index >= 15 is 0 Å². The predicted octanol–water partition coefficient (Wildman–Crippen LogP) is 0.938. The van der Waals surface area contributed by atoms with Crippen LogP contribution in [0, 0.1) is 0 Å². The summed E-state index contributed by atoms with van der Waals surface area (Å²) in [5.74, 6) is 0. The van der Waals surface area contributed by atoms with Gasteiger partial charge in [0.05, 0.1) is 0 Å². The van der Waals surface area contributed by atoms with Crippen LogP contribution in [0.3, 0.4) is 0 Å². The van der Waals surface area contributed by atoms with Gasteiger partial charge >= 0.3 is 12.3 Å². The first-order valence-electron chi connectivity index (χ1n) is 4.16. The Bertz CT molecular complexity index is 223. The number of rotatable bonds is 2. The van der Waals surface area contributed by atoms with Gasteiger partial charge in [0.25, 0.3) is 0 Å². The molecule has 1 fully saturated rings. The molecule has 0 aliphatic carbocycles. The molecule has 14 heavy (non-hydrogen) atoms. The van der Waals surface area contributed by atoms with Crippen LogP contribution >= 0.6 is 0 Å². The summed E-state index contributed by atoms with van der Waals surface area (Å²) in [6.45, 7) is -0.368. The fourth-order valence-electron chi connectivity index (χ4n) is 1.53. The van der Waals surface area contributed by atoms with E-state index in [1.807, 2.05) is 0 Å². The Morgan fingerprint density at radius 3 is 2.57 bits per heavy atom. The highest BCUT2D eigenvalue weighted by Gasteiger charge is 2.56. The maximum Gasteiger partial charge on any atom is 0.408 e. The van der Waals surface area contributed by atoms with Crippen molar-refractivity contribution in [3.8, 4) is 0 Å². The second kappa shape index (κ2) is 3.64.